The van der Waals surface area contributed by atoms with E-state index in [1.54, 1.807) is 0 Å². The summed E-state index contributed by atoms with van der Waals surface area (Å²) in [5.74, 6) is 0.700. The van der Waals surface area contributed by atoms with Crippen LogP contribution in [0, 0.1) is 5.92 Å². The van der Waals surface area contributed by atoms with E-state index in [0.717, 1.165) is 5.75 Å². The number of carbonyl (C=O) groups excluding carboxylic acids is 1. The number of benzene rings is 1. The molecule has 0 fully saturated rings. The molecular formula is C15H23NO3. The van der Waals surface area contributed by atoms with Crippen molar-refractivity contribution in [3.05, 3.63) is 30.3 Å². The lowest BCUT2D eigenvalue weighted by atomic mass is 10.1. The molecule has 0 bridgehead atoms. The van der Waals surface area contributed by atoms with Gasteiger partial charge in [-0.25, -0.2) is 0 Å². The highest BCUT2D eigenvalue weighted by Crippen LogP contribution is 2.09. The molecule has 0 aromatic heterocycles. The third-order valence-electron chi connectivity index (χ3n) is 2.94. The predicted octanol–water partition coefficient (Wildman–Crippen LogP) is 2.24. The van der Waals surface area contributed by atoms with Crippen LogP contribution in [0.25, 0.3) is 0 Å². The number of nitrogens with one attached hydrogen (secondary N) is 1. The van der Waals surface area contributed by atoms with Crippen LogP contribution < -0.4 is 10.1 Å². The average molecular weight is 265 g/mol. The summed E-state index contributed by atoms with van der Waals surface area (Å²) < 4.78 is 11.1. The van der Waals surface area contributed by atoms with E-state index in [0.29, 0.717) is 19.8 Å². The Bertz CT molecular complexity index is 367. The van der Waals surface area contributed by atoms with Gasteiger partial charge in [-0.2, -0.15) is 0 Å². The zero-order valence-corrected chi connectivity index (χ0v) is 11.9. The lowest BCUT2D eigenvalue weighted by molar-refractivity contribution is -0.129. The predicted molar refractivity (Wildman–Crippen MR) is 75.2 cm³/mol. The van der Waals surface area contributed by atoms with E-state index >= 15 is 0 Å². The Kier molecular flexibility index (Phi) is 6.97. The highest BCUT2D eigenvalue weighted by atomic mass is 16.5. The van der Waals surface area contributed by atoms with Gasteiger partial charge in [0.25, 0.3) is 0 Å². The molecule has 0 saturated carbocycles. The molecule has 0 radical (unpaired) electrons. The summed E-state index contributed by atoms with van der Waals surface area (Å²) in [5, 5.41) is 2.79. The van der Waals surface area contributed by atoms with Gasteiger partial charge in [0.1, 0.15) is 12.4 Å². The Morgan fingerprint density at radius 3 is 2.53 bits per heavy atom. The lowest BCUT2D eigenvalue weighted by Crippen LogP contribution is -2.36. The van der Waals surface area contributed by atoms with Crippen LogP contribution in [0.5, 0.6) is 5.75 Å². The van der Waals surface area contributed by atoms with Crippen molar-refractivity contribution in [3.63, 3.8) is 0 Å². The molecular weight excluding hydrogens is 242 g/mol. The quantitative estimate of drug-likeness (QED) is 0.733. The van der Waals surface area contributed by atoms with Gasteiger partial charge in [-0.15, -0.1) is 0 Å². The lowest BCUT2D eigenvalue weighted by Gasteiger charge is -2.19. The first-order valence-electron chi connectivity index (χ1n) is 6.72. The molecule has 0 aliphatic heterocycles. The van der Waals surface area contributed by atoms with Crippen molar-refractivity contribution in [1.29, 1.82) is 0 Å². The topological polar surface area (TPSA) is 47.6 Å². The van der Waals surface area contributed by atoms with E-state index in [1.807, 2.05) is 51.1 Å². The number of hydrogen-bond acceptors (Lipinski definition) is 3. The summed E-state index contributed by atoms with van der Waals surface area (Å²) in [7, 11) is 0. The molecule has 0 spiro atoms. The molecule has 0 saturated heterocycles. The second-order valence-corrected chi connectivity index (χ2v) is 4.42. The van der Waals surface area contributed by atoms with Gasteiger partial charge in [0.2, 0.25) is 5.91 Å². The number of ether oxygens (including phenoxy) is 2. The van der Waals surface area contributed by atoms with Crippen LogP contribution in [0.3, 0.4) is 0 Å². The Labute approximate surface area is 115 Å². The summed E-state index contributed by atoms with van der Waals surface area (Å²) in [5.41, 5.74) is 0. The van der Waals surface area contributed by atoms with E-state index in [9.17, 15) is 4.79 Å². The fraction of sp³-hybridized carbons (Fsp3) is 0.533. The van der Waals surface area contributed by atoms with Crippen molar-refractivity contribution < 1.29 is 14.3 Å². The molecule has 1 aromatic carbocycles. The van der Waals surface area contributed by atoms with Crippen molar-refractivity contribution in [2.24, 2.45) is 5.92 Å². The molecule has 1 unspecified atom stereocenters. The Hall–Kier alpha value is -1.55. The minimum atomic E-state index is -0.156. The molecule has 1 aromatic rings. The Morgan fingerprint density at radius 1 is 1.21 bits per heavy atom. The van der Waals surface area contributed by atoms with Gasteiger partial charge in [-0.05, 0) is 26.0 Å². The van der Waals surface area contributed by atoms with Crippen LogP contribution in [0.1, 0.15) is 20.8 Å². The van der Waals surface area contributed by atoms with Crippen molar-refractivity contribution in [1.82, 2.24) is 5.32 Å². The van der Waals surface area contributed by atoms with E-state index in [-0.39, 0.29) is 17.9 Å². The Morgan fingerprint density at radius 2 is 1.89 bits per heavy atom. The molecule has 0 aliphatic carbocycles. The summed E-state index contributed by atoms with van der Waals surface area (Å²) in [6, 6.07) is 9.60. The second kappa shape index (κ2) is 8.53. The molecule has 2 atom stereocenters. The molecule has 106 valence electrons. The van der Waals surface area contributed by atoms with Crippen molar-refractivity contribution >= 4 is 5.91 Å². The number of carbonyl (C=O) groups is 1. The van der Waals surface area contributed by atoms with Gasteiger partial charge in [0, 0.05) is 6.54 Å². The summed E-state index contributed by atoms with van der Waals surface area (Å²) in [4.78, 5) is 11.6. The average Bonchev–Trinajstić information content (AvgIpc) is 2.44. The number of amides is 1. The minimum absolute atomic E-state index is 0.0268. The standard InChI is InChI=1S/C15H23NO3/c1-4-16-15(17)12(2)13(3)18-10-11-19-14-8-6-5-7-9-14/h5-9,12-13H,4,10-11H2,1-3H3,(H,16,17)/t12?,13-/m1/s1. The number of hydrogen-bond donors (Lipinski definition) is 1. The van der Waals surface area contributed by atoms with E-state index < -0.39 is 0 Å². The van der Waals surface area contributed by atoms with Crippen LogP contribution in [0.15, 0.2) is 30.3 Å². The fourth-order valence-corrected chi connectivity index (χ4v) is 1.60. The summed E-state index contributed by atoms with van der Waals surface area (Å²) >= 11 is 0. The first kappa shape index (κ1) is 15.5. The third-order valence-corrected chi connectivity index (χ3v) is 2.94. The molecule has 19 heavy (non-hydrogen) atoms. The summed E-state index contributed by atoms with van der Waals surface area (Å²) in [6.45, 7) is 7.28. The maximum Gasteiger partial charge on any atom is 0.225 e. The zero-order chi connectivity index (χ0) is 14.1. The van der Waals surface area contributed by atoms with Gasteiger partial charge in [0.15, 0.2) is 0 Å². The molecule has 4 nitrogen and oxygen atoms in total. The number of rotatable bonds is 8. The maximum atomic E-state index is 11.6. The van der Waals surface area contributed by atoms with Crippen molar-refractivity contribution in [2.45, 2.75) is 26.9 Å². The van der Waals surface area contributed by atoms with Gasteiger partial charge in [-0.3, -0.25) is 4.79 Å². The zero-order valence-electron chi connectivity index (χ0n) is 11.9. The van der Waals surface area contributed by atoms with Crippen LogP contribution in [0.2, 0.25) is 0 Å². The van der Waals surface area contributed by atoms with Crippen LogP contribution in [-0.4, -0.2) is 31.8 Å². The van der Waals surface area contributed by atoms with Gasteiger partial charge < -0.3 is 14.8 Å². The third kappa shape index (κ3) is 5.75. The molecule has 1 amide bonds. The van der Waals surface area contributed by atoms with E-state index in [4.69, 9.17) is 9.47 Å². The van der Waals surface area contributed by atoms with Crippen LogP contribution >= 0.6 is 0 Å². The number of para-hydroxylation sites is 1. The first-order chi connectivity index (χ1) is 9.15. The normalized spacial score (nSPS) is 13.6. The van der Waals surface area contributed by atoms with E-state index in [2.05, 4.69) is 5.32 Å². The molecule has 0 heterocycles. The SMILES string of the molecule is CCNC(=O)C(C)[C@@H](C)OCCOc1ccccc1. The first-order valence-corrected chi connectivity index (χ1v) is 6.72. The highest BCUT2D eigenvalue weighted by molar-refractivity contribution is 5.78. The molecule has 0 aliphatic rings. The van der Waals surface area contributed by atoms with E-state index in [1.165, 1.54) is 0 Å². The second-order valence-electron chi connectivity index (χ2n) is 4.42. The minimum Gasteiger partial charge on any atom is -0.491 e. The molecule has 1 rings (SSSR count). The van der Waals surface area contributed by atoms with Crippen molar-refractivity contribution in [2.75, 3.05) is 19.8 Å². The fourth-order valence-electron chi connectivity index (χ4n) is 1.60. The van der Waals surface area contributed by atoms with Crippen molar-refractivity contribution in [3.8, 4) is 5.75 Å². The monoisotopic (exact) mass is 265 g/mol. The van der Waals surface area contributed by atoms with Crippen LogP contribution in [0.4, 0.5) is 0 Å². The largest absolute Gasteiger partial charge is 0.491 e. The Balaban J connectivity index is 2.20. The maximum absolute atomic E-state index is 11.6. The summed E-state index contributed by atoms with van der Waals surface area (Å²) in [6.07, 6.45) is -0.120. The van der Waals surface area contributed by atoms with Crippen LogP contribution in [-0.2, 0) is 9.53 Å². The molecule has 1 N–H and O–H groups in total. The van der Waals surface area contributed by atoms with Gasteiger partial charge in [0.05, 0.1) is 18.6 Å². The highest BCUT2D eigenvalue weighted by Gasteiger charge is 2.19. The smallest absolute Gasteiger partial charge is 0.225 e. The molecule has 4 heteroatoms. The van der Waals surface area contributed by atoms with Gasteiger partial charge >= 0.3 is 0 Å². The van der Waals surface area contributed by atoms with Gasteiger partial charge in [-0.1, -0.05) is 25.1 Å².